The van der Waals surface area contributed by atoms with Crippen LogP contribution in [0.5, 0.6) is 0 Å². The molecule has 1 unspecified atom stereocenters. The van der Waals surface area contributed by atoms with E-state index in [1.165, 1.54) is 22.3 Å². The van der Waals surface area contributed by atoms with Crippen LogP contribution >= 0.6 is 0 Å². The van der Waals surface area contributed by atoms with Gasteiger partial charge in [0.25, 0.3) is 0 Å². The number of benzene rings is 1. The summed E-state index contributed by atoms with van der Waals surface area (Å²) in [5.74, 6) is 0.139. The fourth-order valence-corrected chi connectivity index (χ4v) is 3.31. The molecule has 0 aliphatic heterocycles. The fraction of sp³-hybridized carbons (Fsp3) is 0.421. The second-order valence-electron chi connectivity index (χ2n) is 7.33. The molecule has 23 heavy (non-hydrogen) atoms. The van der Waals surface area contributed by atoms with Crippen molar-refractivity contribution >= 4 is 10.9 Å². The van der Waals surface area contributed by atoms with E-state index >= 15 is 0 Å². The van der Waals surface area contributed by atoms with Gasteiger partial charge in [-0.25, -0.2) is 0 Å². The summed E-state index contributed by atoms with van der Waals surface area (Å²) in [5.41, 5.74) is 12.1. The lowest BCUT2D eigenvalue weighted by Crippen LogP contribution is -2.17. The summed E-state index contributed by atoms with van der Waals surface area (Å²) in [4.78, 5) is 3.48. The molecule has 2 aromatic heterocycles. The highest BCUT2D eigenvalue weighted by Gasteiger charge is 2.26. The number of aryl methyl sites for hydroxylation is 2. The molecule has 4 heteroatoms. The maximum atomic E-state index is 6.19. The average molecular weight is 310 g/mol. The Hall–Kier alpha value is -2.07. The Balaban J connectivity index is 2.16. The molecule has 0 aliphatic rings. The lowest BCUT2D eigenvalue weighted by Gasteiger charge is -2.16. The Bertz CT molecular complexity index is 833. The molecule has 0 radical (unpaired) electrons. The summed E-state index contributed by atoms with van der Waals surface area (Å²) < 4.78 is 1.99. The Labute approximate surface area is 137 Å². The van der Waals surface area contributed by atoms with Crippen molar-refractivity contribution < 1.29 is 0 Å². The van der Waals surface area contributed by atoms with Crippen molar-refractivity contribution in [1.29, 1.82) is 0 Å². The number of nitrogens with one attached hydrogen (secondary N) is 1. The molecule has 4 nitrogen and oxygen atoms in total. The highest BCUT2D eigenvalue weighted by atomic mass is 15.3. The molecule has 122 valence electrons. The zero-order chi connectivity index (χ0) is 16.8. The molecule has 0 fully saturated rings. The summed E-state index contributed by atoms with van der Waals surface area (Å²) in [6.07, 6.45) is 0. The first kappa shape index (κ1) is 15.8. The molecule has 2 heterocycles. The monoisotopic (exact) mass is 310 g/mol. The molecule has 0 amide bonds. The predicted molar refractivity (Wildman–Crippen MR) is 95.8 cm³/mol. The van der Waals surface area contributed by atoms with Gasteiger partial charge < -0.3 is 10.7 Å². The summed E-state index contributed by atoms with van der Waals surface area (Å²) in [6.45, 7) is 9.25. The highest BCUT2D eigenvalue weighted by Crippen LogP contribution is 2.34. The molecule has 3 rings (SSSR count). The zero-order valence-corrected chi connectivity index (χ0v) is 14.6. The van der Waals surface area contributed by atoms with Crippen LogP contribution in [0, 0.1) is 6.92 Å². The quantitative estimate of drug-likeness (QED) is 0.776. The maximum absolute atomic E-state index is 6.19. The van der Waals surface area contributed by atoms with Crippen LogP contribution in [0.15, 0.2) is 30.3 Å². The Morgan fingerprint density at radius 3 is 2.57 bits per heavy atom. The number of hydrogen-bond acceptors (Lipinski definition) is 2. The van der Waals surface area contributed by atoms with E-state index in [-0.39, 0.29) is 11.3 Å². The minimum Gasteiger partial charge on any atom is -0.358 e. The van der Waals surface area contributed by atoms with E-state index in [1.807, 2.05) is 11.7 Å². The van der Waals surface area contributed by atoms with E-state index < -0.39 is 0 Å². The normalized spacial score (nSPS) is 13.7. The predicted octanol–water partition coefficient (Wildman–Crippen LogP) is 3.60. The molecule has 3 aromatic rings. The first-order chi connectivity index (χ1) is 10.8. The Kier molecular flexibility index (Phi) is 3.80. The van der Waals surface area contributed by atoms with Crippen molar-refractivity contribution in [2.24, 2.45) is 12.8 Å². The van der Waals surface area contributed by atoms with E-state index in [2.05, 4.69) is 63.0 Å². The number of nitrogens with two attached hydrogens (primary N) is 1. The van der Waals surface area contributed by atoms with Crippen LogP contribution in [-0.4, -0.2) is 21.3 Å². The van der Waals surface area contributed by atoms with Crippen molar-refractivity contribution in [2.75, 3.05) is 6.54 Å². The van der Waals surface area contributed by atoms with E-state index in [0.29, 0.717) is 6.54 Å². The van der Waals surface area contributed by atoms with Gasteiger partial charge in [-0.15, -0.1) is 0 Å². The van der Waals surface area contributed by atoms with Crippen LogP contribution in [0.25, 0.3) is 10.9 Å². The molecule has 0 aliphatic carbocycles. The zero-order valence-electron chi connectivity index (χ0n) is 14.6. The van der Waals surface area contributed by atoms with Crippen LogP contribution in [-0.2, 0) is 12.5 Å². The van der Waals surface area contributed by atoms with Gasteiger partial charge in [0.2, 0.25) is 0 Å². The number of aromatic nitrogens is 3. The van der Waals surface area contributed by atoms with Gasteiger partial charge in [0, 0.05) is 47.2 Å². The van der Waals surface area contributed by atoms with Crippen LogP contribution in [0.4, 0.5) is 0 Å². The molecular formula is C19H26N4. The van der Waals surface area contributed by atoms with Crippen LogP contribution < -0.4 is 5.73 Å². The topological polar surface area (TPSA) is 59.6 Å². The number of nitrogens with zero attached hydrogens (tertiary/aromatic N) is 2. The summed E-state index contributed by atoms with van der Waals surface area (Å²) in [6, 6.07) is 10.6. The third-order valence-corrected chi connectivity index (χ3v) is 4.57. The largest absolute Gasteiger partial charge is 0.358 e. The second-order valence-corrected chi connectivity index (χ2v) is 7.33. The molecular weight excluding hydrogens is 284 g/mol. The minimum absolute atomic E-state index is 0.0322. The Morgan fingerprint density at radius 2 is 1.96 bits per heavy atom. The fourth-order valence-electron chi connectivity index (χ4n) is 3.31. The average Bonchev–Trinajstić information content (AvgIpc) is 3.02. The van der Waals surface area contributed by atoms with Crippen molar-refractivity contribution in [2.45, 2.75) is 39.0 Å². The van der Waals surface area contributed by atoms with Crippen molar-refractivity contribution in [3.05, 3.63) is 53.0 Å². The van der Waals surface area contributed by atoms with Gasteiger partial charge in [0.15, 0.2) is 0 Å². The maximum Gasteiger partial charge on any atom is 0.0681 e. The summed E-state index contributed by atoms with van der Waals surface area (Å²) in [7, 11) is 2.01. The highest BCUT2D eigenvalue weighted by molar-refractivity contribution is 5.85. The second kappa shape index (κ2) is 5.53. The summed E-state index contributed by atoms with van der Waals surface area (Å²) in [5, 5.41) is 5.97. The standard InChI is InChI=1S/C19H26N4/c1-12-18(13-8-6-7-9-15(13)21-12)14(11-20)16-10-17(19(2,3)4)22-23(16)5/h6-10,14,21H,11,20H2,1-5H3. The molecule has 0 spiro atoms. The smallest absolute Gasteiger partial charge is 0.0681 e. The number of H-pyrrole nitrogens is 1. The van der Waals surface area contributed by atoms with Gasteiger partial charge in [-0.05, 0) is 24.6 Å². The first-order valence-electron chi connectivity index (χ1n) is 8.14. The molecule has 1 aromatic carbocycles. The van der Waals surface area contributed by atoms with E-state index in [4.69, 9.17) is 10.8 Å². The summed E-state index contributed by atoms with van der Waals surface area (Å²) >= 11 is 0. The van der Waals surface area contributed by atoms with Gasteiger partial charge in [-0.3, -0.25) is 4.68 Å². The number of rotatable bonds is 3. The van der Waals surface area contributed by atoms with Gasteiger partial charge in [-0.2, -0.15) is 5.10 Å². The van der Waals surface area contributed by atoms with Crippen molar-refractivity contribution in [1.82, 2.24) is 14.8 Å². The lowest BCUT2D eigenvalue weighted by atomic mass is 9.89. The van der Waals surface area contributed by atoms with Crippen molar-refractivity contribution in [3.8, 4) is 0 Å². The van der Waals surface area contributed by atoms with Crippen LogP contribution in [0.1, 0.15) is 49.3 Å². The van der Waals surface area contributed by atoms with E-state index in [9.17, 15) is 0 Å². The SMILES string of the molecule is Cc1[nH]c2ccccc2c1C(CN)c1cc(C(C)(C)C)nn1C. The molecule has 3 N–H and O–H groups in total. The Morgan fingerprint density at radius 1 is 1.26 bits per heavy atom. The molecule has 0 saturated heterocycles. The number of para-hydroxylation sites is 1. The molecule has 0 saturated carbocycles. The van der Waals surface area contributed by atoms with Gasteiger partial charge >= 0.3 is 0 Å². The lowest BCUT2D eigenvalue weighted by molar-refractivity contribution is 0.550. The van der Waals surface area contributed by atoms with Crippen LogP contribution in [0.3, 0.4) is 0 Å². The van der Waals surface area contributed by atoms with E-state index in [0.717, 1.165) is 11.2 Å². The third-order valence-electron chi connectivity index (χ3n) is 4.57. The molecule has 0 bridgehead atoms. The number of aromatic amines is 1. The van der Waals surface area contributed by atoms with Gasteiger partial charge in [0.05, 0.1) is 5.69 Å². The third kappa shape index (κ3) is 2.68. The number of hydrogen-bond donors (Lipinski definition) is 2. The minimum atomic E-state index is 0.0322. The number of fused-ring (bicyclic) bond motifs is 1. The van der Waals surface area contributed by atoms with Gasteiger partial charge in [0.1, 0.15) is 0 Å². The van der Waals surface area contributed by atoms with Gasteiger partial charge in [-0.1, -0.05) is 39.0 Å². The van der Waals surface area contributed by atoms with Crippen LogP contribution in [0.2, 0.25) is 0 Å². The first-order valence-corrected chi connectivity index (χ1v) is 8.14. The van der Waals surface area contributed by atoms with Crippen molar-refractivity contribution in [3.63, 3.8) is 0 Å². The van der Waals surface area contributed by atoms with E-state index in [1.54, 1.807) is 0 Å². The molecule has 1 atom stereocenters.